The number of benzene rings is 2. The molecular formula is C19H15F4N3O2. The third-order valence-corrected chi connectivity index (χ3v) is 4.19. The molecule has 1 amide bonds. The zero-order valence-electron chi connectivity index (χ0n) is 14.6. The van der Waals surface area contributed by atoms with Gasteiger partial charge in [0.15, 0.2) is 0 Å². The first-order chi connectivity index (χ1) is 13.2. The van der Waals surface area contributed by atoms with Gasteiger partial charge >= 0.3 is 6.18 Å². The molecule has 0 saturated carbocycles. The average molecular weight is 393 g/mol. The Balaban J connectivity index is 1.98. The van der Waals surface area contributed by atoms with Crippen LogP contribution in [0.2, 0.25) is 0 Å². The molecule has 1 heterocycles. The van der Waals surface area contributed by atoms with Gasteiger partial charge in [-0.3, -0.25) is 14.2 Å². The number of hydrogen-bond acceptors (Lipinski definition) is 3. The Labute approximate surface area is 156 Å². The molecule has 0 radical (unpaired) electrons. The van der Waals surface area contributed by atoms with E-state index in [0.29, 0.717) is 5.56 Å². The van der Waals surface area contributed by atoms with Crippen molar-refractivity contribution >= 4 is 16.9 Å². The van der Waals surface area contributed by atoms with Crippen molar-refractivity contribution in [1.82, 2.24) is 14.9 Å². The number of carbonyl (C=O) groups excluding carboxylic acids is 1. The van der Waals surface area contributed by atoms with Crippen LogP contribution in [0.15, 0.2) is 53.3 Å². The molecule has 2 aromatic carbocycles. The van der Waals surface area contributed by atoms with Crippen LogP contribution in [-0.4, -0.2) is 15.5 Å². The quantitative estimate of drug-likeness (QED) is 0.691. The number of hydrogen-bond donors (Lipinski definition) is 1. The van der Waals surface area contributed by atoms with Crippen LogP contribution in [0.3, 0.4) is 0 Å². The third-order valence-electron chi connectivity index (χ3n) is 4.19. The first-order valence-electron chi connectivity index (χ1n) is 8.29. The molecule has 1 atom stereocenters. The summed E-state index contributed by atoms with van der Waals surface area (Å²) >= 11 is 0. The molecule has 0 bridgehead atoms. The first-order valence-corrected chi connectivity index (χ1v) is 8.29. The van der Waals surface area contributed by atoms with Gasteiger partial charge < -0.3 is 5.32 Å². The summed E-state index contributed by atoms with van der Waals surface area (Å²) in [5.41, 5.74) is -2.47. The molecule has 0 spiro atoms. The van der Waals surface area contributed by atoms with E-state index in [-0.39, 0.29) is 17.6 Å². The number of fused-ring (bicyclic) bond motifs is 1. The van der Waals surface area contributed by atoms with Gasteiger partial charge in [0.05, 0.1) is 11.0 Å². The number of amides is 1. The van der Waals surface area contributed by atoms with Gasteiger partial charge in [-0.2, -0.15) is 13.2 Å². The van der Waals surface area contributed by atoms with Crippen molar-refractivity contribution in [3.8, 4) is 0 Å². The lowest BCUT2D eigenvalue weighted by molar-refractivity contribution is -0.142. The van der Waals surface area contributed by atoms with E-state index in [4.69, 9.17) is 0 Å². The number of carbonyl (C=O) groups is 1. The molecule has 0 saturated heterocycles. The molecule has 28 heavy (non-hydrogen) atoms. The minimum absolute atomic E-state index is 0.0369. The smallest absolute Gasteiger partial charge is 0.350 e. The van der Waals surface area contributed by atoms with Crippen LogP contribution in [0.25, 0.3) is 11.0 Å². The van der Waals surface area contributed by atoms with Crippen molar-refractivity contribution in [2.45, 2.75) is 25.7 Å². The Hall–Kier alpha value is -3.23. The molecule has 3 rings (SSSR count). The minimum atomic E-state index is -4.96. The van der Waals surface area contributed by atoms with E-state index in [9.17, 15) is 27.2 Å². The molecule has 5 nitrogen and oxygen atoms in total. The van der Waals surface area contributed by atoms with E-state index in [1.807, 2.05) is 0 Å². The molecular weight excluding hydrogens is 378 g/mol. The number of nitrogens with one attached hydrogen (secondary N) is 1. The van der Waals surface area contributed by atoms with E-state index in [0.717, 1.165) is 4.57 Å². The molecule has 1 N–H and O–H groups in total. The molecule has 146 valence electrons. The summed E-state index contributed by atoms with van der Waals surface area (Å²) in [5, 5.41) is 2.51. The van der Waals surface area contributed by atoms with Crippen molar-refractivity contribution in [1.29, 1.82) is 0 Å². The van der Waals surface area contributed by atoms with E-state index < -0.39 is 35.2 Å². The summed E-state index contributed by atoms with van der Waals surface area (Å²) in [6.07, 6.45) is -4.96. The highest BCUT2D eigenvalue weighted by Gasteiger charge is 2.38. The average Bonchev–Trinajstić information content (AvgIpc) is 2.64. The fourth-order valence-corrected chi connectivity index (χ4v) is 2.82. The lowest BCUT2D eigenvalue weighted by atomic mass is 10.2. The van der Waals surface area contributed by atoms with Crippen LogP contribution in [0.4, 0.5) is 17.6 Å². The monoisotopic (exact) mass is 393 g/mol. The zero-order valence-corrected chi connectivity index (χ0v) is 14.6. The second kappa shape index (κ2) is 7.41. The highest BCUT2D eigenvalue weighted by molar-refractivity contribution is 5.83. The Kier molecular flexibility index (Phi) is 5.17. The van der Waals surface area contributed by atoms with Crippen LogP contribution in [-0.2, 0) is 17.5 Å². The second-order valence-corrected chi connectivity index (χ2v) is 6.15. The topological polar surface area (TPSA) is 64.0 Å². The van der Waals surface area contributed by atoms with Gasteiger partial charge in [-0.05, 0) is 36.8 Å². The molecule has 9 heteroatoms. The summed E-state index contributed by atoms with van der Waals surface area (Å²) < 4.78 is 53.6. The summed E-state index contributed by atoms with van der Waals surface area (Å²) in [6.45, 7) is 1.28. The standard InChI is InChI=1S/C19H15F4N3O2/c1-11(17(27)24-10-12-5-4-6-13(20)9-12)26-15-8-3-2-7-14(15)25-16(18(26)28)19(21,22)23/h2-9,11H,10H2,1H3,(H,24,27)/t11-/m0/s1. The van der Waals surface area contributed by atoms with Crippen LogP contribution in [0, 0.1) is 5.82 Å². The van der Waals surface area contributed by atoms with Gasteiger partial charge in [-0.25, -0.2) is 9.37 Å². The van der Waals surface area contributed by atoms with Crippen molar-refractivity contribution in [3.05, 3.63) is 76.0 Å². The molecule has 0 unspecified atom stereocenters. The van der Waals surface area contributed by atoms with Crippen molar-refractivity contribution < 1.29 is 22.4 Å². The summed E-state index contributed by atoms with van der Waals surface area (Å²) in [6, 6.07) is 10.0. The molecule has 1 aromatic heterocycles. The Morgan fingerprint density at radius 2 is 1.89 bits per heavy atom. The third kappa shape index (κ3) is 3.88. The predicted octanol–water partition coefficient (Wildman–Crippen LogP) is 3.43. The van der Waals surface area contributed by atoms with E-state index in [1.165, 1.54) is 49.4 Å². The molecule has 0 aliphatic rings. The molecule has 3 aromatic rings. The van der Waals surface area contributed by atoms with E-state index >= 15 is 0 Å². The van der Waals surface area contributed by atoms with Crippen LogP contribution >= 0.6 is 0 Å². The number of aromatic nitrogens is 2. The van der Waals surface area contributed by atoms with E-state index in [2.05, 4.69) is 10.3 Å². The van der Waals surface area contributed by atoms with Crippen molar-refractivity contribution in [3.63, 3.8) is 0 Å². The van der Waals surface area contributed by atoms with Crippen LogP contribution in [0.5, 0.6) is 0 Å². The predicted molar refractivity (Wildman–Crippen MR) is 94.0 cm³/mol. The van der Waals surface area contributed by atoms with Gasteiger partial charge in [0, 0.05) is 6.54 Å². The zero-order chi connectivity index (χ0) is 20.5. The Bertz CT molecular complexity index is 1090. The van der Waals surface area contributed by atoms with Gasteiger partial charge in [0.25, 0.3) is 5.56 Å². The lowest BCUT2D eigenvalue weighted by Gasteiger charge is -2.19. The van der Waals surface area contributed by atoms with Crippen LogP contribution in [0.1, 0.15) is 24.2 Å². The second-order valence-electron chi connectivity index (χ2n) is 6.15. The summed E-state index contributed by atoms with van der Waals surface area (Å²) in [4.78, 5) is 28.4. The maximum absolute atomic E-state index is 13.2. The normalized spacial score (nSPS) is 12.8. The number of halogens is 4. The minimum Gasteiger partial charge on any atom is -0.350 e. The number of nitrogens with zero attached hydrogens (tertiary/aromatic N) is 2. The Morgan fingerprint density at radius 1 is 1.18 bits per heavy atom. The maximum atomic E-state index is 13.2. The number of alkyl halides is 3. The maximum Gasteiger partial charge on any atom is 0.438 e. The van der Waals surface area contributed by atoms with Gasteiger partial charge in [-0.15, -0.1) is 0 Å². The van der Waals surface area contributed by atoms with Gasteiger partial charge in [0.1, 0.15) is 11.9 Å². The molecule has 0 aliphatic carbocycles. The fraction of sp³-hybridized carbons (Fsp3) is 0.211. The van der Waals surface area contributed by atoms with Gasteiger partial charge in [0.2, 0.25) is 11.6 Å². The van der Waals surface area contributed by atoms with Gasteiger partial charge in [-0.1, -0.05) is 24.3 Å². The molecule has 0 fully saturated rings. The highest BCUT2D eigenvalue weighted by Crippen LogP contribution is 2.27. The highest BCUT2D eigenvalue weighted by atomic mass is 19.4. The number of para-hydroxylation sites is 2. The first kappa shape index (κ1) is 19.5. The summed E-state index contributed by atoms with van der Waals surface area (Å²) in [5.74, 6) is -1.16. The SMILES string of the molecule is C[C@@H](C(=O)NCc1cccc(F)c1)n1c(=O)c(C(F)(F)F)nc2ccccc21. The molecule has 0 aliphatic heterocycles. The lowest BCUT2D eigenvalue weighted by Crippen LogP contribution is -2.38. The van der Waals surface area contributed by atoms with Crippen LogP contribution < -0.4 is 10.9 Å². The Morgan fingerprint density at radius 3 is 2.57 bits per heavy atom. The fourth-order valence-electron chi connectivity index (χ4n) is 2.82. The largest absolute Gasteiger partial charge is 0.438 e. The van der Waals surface area contributed by atoms with E-state index in [1.54, 1.807) is 6.07 Å². The summed E-state index contributed by atoms with van der Waals surface area (Å²) in [7, 11) is 0. The van der Waals surface area contributed by atoms with Crippen molar-refractivity contribution in [2.24, 2.45) is 0 Å². The van der Waals surface area contributed by atoms with Crippen molar-refractivity contribution in [2.75, 3.05) is 0 Å². The number of rotatable bonds is 4.